The molecule has 0 unspecified atom stereocenters. The highest BCUT2D eigenvalue weighted by molar-refractivity contribution is 5.64. The van der Waals surface area contributed by atoms with Crippen LogP contribution in [0.1, 0.15) is 17.0 Å². The molecule has 0 aliphatic carbocycles. The zero-order valence-electron chi connectivity index (χ0n) is 13.3. The monoisotopic (exact) mass is 361 g/mol. The molecule has 2 aromatic heterocycles. The van der Waals surface area contributed by atoms with Crippen LogP contribution in [-0.2, 0) is 6.18 Å². The minimum atomic E-state index is -4.64. The molecule has 0 spiro atoms. The quantitative estimate of drug-likeness (QED) is 0.705. The van der Waals surface area contributed by atoms with E-state index in [9.17, 15) is 17.6 Å². The molecule has 0 aliphatic heterocycles. The summed E-state index contributed by atoms with van der Waals surface area (Å²) in [4.78, 5) is 3.48. The van der Waals surface area contributed by atoms with Gasteiger partial charge in [-0.15, -0.1) is 0 Å². The molecule has 0 amide bonds. The van der Waals surface area contributed by atoms with Crippen molar-refractivity contribution in [2.24, 2.45) is 0 Å². The van der Waals surface area contributed by atoms with E-state index >= 15 is 0 Å². The number of nitrogens with one attached hydrogen (secondary N) is 1. The number of halogens is 4. The van der Waals surface area contributed by atoms with Gasteiger partial charge in [-0.2, -0.15) is 23.5 Å². The predicted octanol–water partition coefficient (Wildman–Crippen LogP) is 4.35. The van der Waals surface area contributed by atoms with E-state index in [1.165, 1.54) is 29.1 Å². The number of aromatic nitrogens is 3. The fraction of sp³-hybridized carbons (Fsp3) is 0.118. The van der Waals surface area contributed by atoms with Crippen LogP contribution < -0.4 is 5.32 Å². The molecule has 0 atom stereocenters. The molecule has 5 nitrogen and oxygen atoms in total. The Labute approximate surface area is 145 Å². The van der Waals surface area contributed by atoms with Crippen molar-refractivity contribution in [1.82, 2.24) is 14.8 Å². The molecule has 1 aromatic carbocycles. The number of anilines is 2. The van der Waals surface area contributed by atoms with Crippen LogP contribution in [-0.4, -0.2) is 14.8 Å². The summed E-state index contributed by atoms with van der Waals surface area (Å²) >= 11 is 0. The van der Waals surface area contributed by atoms with E-state index in [0.29, 0.717) is 11.4 Å². The maximum Gasteiger partial charge on any atom is 0.433 e. The molecule has 0 bridgehead atoms. The molecular weight excluding hydrogens is 350 g/mol. The normalized spacial score (nSPS) is 11.2. The summed E-state index contributed by atoms with van der Waals surface area (Å²) < 4.78 is 53.8. The van der Waals surface area contributed by atoms with Crippen LogP contribution in [0, 0.1) is 24.1 Å². The summed E-state index contributed by atoms with van der Waals surface area (Å²) in [6.07, 6.45) is -3.32. The van der Waals surface area contributed by atoms with Crippen LogP contribution in [0.5, 0.6) is 0 Å². The number of pyridine rings is 1. The molecule has 0 saturated heterocycles. The summed E-state index contributed by atoms with van der Waals surface area (Å²) in [7, 11) is 0. The van der Waals surface area contributed by atoms with Crippen LogP contribution in [0.2, 0.25) is 0 Å². The number of rotatable bonds is 3. The Morgan fingerprint density at radius 3 is 2.54 bits per heavy atom. The number of nitrogens with zero attached hydrogens (tertiary/aromatic N) is 4. The van der Waals surface area contributed by atoms with E-state index in [1.54, 1.807) is 19.1 Å². The number of para-hydroxylation sites is 1. The Balaban J connectivity index is 2.01. The van der Waals surface area contributed by atoms with Crippen molar-refractivity contribution in [3.8, 4) is 11.8 Å². The molecule has 0 fully saturated rings. The second-order valence-corrected chi connectivity index (χ2v) is 5.33. The highest BCUT2D eigenvalue weighted by atomic mass is 19.4. The minimum absolute atomic E-state index is 0.0592. The number of nitriles is 1. The summed E-state index contributed by atoms with van der Waals surface area (Å²) in [5.74, 6) is -0.751. The largest absolute Gasteiger partial charge is 0.433 e. The third kappa shape index (κ3) is 3.21. The van der Waals surface area contributed by atoms with Crippen LogP contribution >= 0.6 is 0 Å². The SMILES string of the molecule is Cc1c(Nc2nc(C(F)(F)F)ccc2C#N)cnn1-c1ccccc1F. The van der Waals surface area contributed by atoms with Gasteiger partial charge in [-0.25, -0.2) is 14.1 Å². The molecule has 3 aromatic rings. The Kier molecular flexibility index (Phi) is 4.34. The van der Waals surface area contributed by atoms with Gasteiger partial charge in [0.2, 0.25) is 0 Å². The van der Waals surface area contributed by atoms with Gasteiger partial charge < -0.3 is 5.32 Å². The number of benzene rings is 1. The van der Waals surface area contributed by atoms with E-state index < -0.39 is 17.7 Å². The molecular formula is C17H11F4N5. The van der Waals surface area contributed by atoms with E-state index in [4.69, 9.17) is 5.26 Å². The Morgan fingerprint density at radius 2 is 1.88 bits per heavy atom. The second kappa shape index (κ2) is 6.48. The third-order valence-electron chi connectivity index (χ3n) is 3.65. The molecule has 132 valence electrons. The van der Waals surface area contributed by atoms with Gasteiger partial charge in [0.05, 0.1) is 23.1 Å². The fourth-order valence-corrected chi connectivity index (χ4v) is 2.33. The summed E-state index contributed by atoms with van der Waals surface area (Å²) in [5.41, 5.74) is -0.250. The van der Waals surface area contributed by atoms with Gasteiger partial charge in [0.25, 0.3) is 0 Å². The van der Waals surface area contributed by atoms with E-state index in [-0.39, 0.29) is 17.1 Å². The lowest BCUT2D eigenvalue weighted by atomic mass is 10.2. The molecule has 3 rings (SSSR count). The van der Waals surface area contributed by atoms with Crippen molar-refractivity contribution < 1.29 is 17.6 Å². The topological polar surface area (TPSA) is 66.5 Å². The van der Waals surface area contributed by atoms with Gasteiger partial charge in [0.1, 0.15) is 29.1 Å². The maximum absolute atomic E-state index is 13.9. The summed E-state index contributed by atoms with van der Waals surface area (Å²) in [5, 5.41) is 15.8. The second-order valence-electron chi connectivity index (χ2n) is 5.33. The average molecular weight is 361 g/mol. The third-order valence-corrected chi connectivity index (χ3v) is 3.65. The standard InChI is InChI=1S/C17H11F4N5/c1-10-13(9-23-26(10)14-5-3-2-4-12(14)18)24-16-11(8-22)6-7-15(25-16)17(19,20)21/h2-7,9H,1H3,(H,24,25). The van der Waals surface area contributed by atoms with Gasteiger partial charge in [-0.3, -0.25) is 0 Å². The first-order valence-electron chi connectivity index (χ1n) is 7.36. The van der Waals surface area contributed by atoms with Gasteiger partial charge in [0.15, 0.2) is 0 Å². The Hall–Kier alpha value is -3.41. The van der Waals surface area contributed by atoms with Crippen LogP contribution in [0.4, 0.5) is 29.1 Å². The smallest absolute Gasteiger partial charge is 0.336 e. The Bertz CT molecular complexity index is 1000. The minimum Gasteiger partial charge on any atom is -0.336 e. The molecule has 9 heteroatoms. The van der Waals surface area contributed by atoms with Crippen molar-refractivity contribution >= 4 is 11.5 Å². The lowest BCUT2D eigenvalue weighted by Gasteiger charge is -2.11. The highest BCUT2D eigenvalue weighted by Gasteiger charge is 2.33. The van der Waals surface area contributed by atoms with Crippen molar-refractivity contribution in [1.29, 1.82) is 5.26 Å². The summed E-state index contributed by atoms with van der Waals surface area (Å²) in [6.45, 7) is 1.61. The Morgan fingerprint density at radius 1 is 1.15 bits per heavy atom. The molecule has 26 heavy (non-hydrogen) atoms. The molecule has 2 heterocycles. The highest BCUT2D eigenvalue weighted by Crippen LogP contribution is 2.31. The van der Waals surface area contributed by atoms with Crippen molar-refractivity contribution in [2.75, 3.05) is 5.32 Å². The molecule has 0 radical (unpaired) electrons. The fourth-order valence-electron chi connectivity index (χ4n) is 2.33. The zero-order valence-corrected chi connectivity index (χ0v) is 13.3. The van der Waals surface area contributed by atoms with E-state index in [2.05, 4.69) is 15.4 Å². The van der Waals surface area contributed by atoms with Crippen LogP contribution in [0.25, 0.3) is 5.69 Å². The molecule has 1 N–H and O–H groups in total. The predicted molar refractivity (Wildman–Crippen MR) is 85.5 cm³/mol. The number of hydrogen-bond acceptors (Lipinski definition) is 4. The van der Waals surface area contributed by atoms with Gasteiger partial charge in [-0.1, -0.05) is 12.1 Å². The first kappa shape index (κ1) is 17.4. The lowest BCUT2D eigenvalue weighted by Crippen LogP contribution is -2.10. The van der Waals surface area contributed by atoms with Crippen LogP contribution in [0.3, 0.4) is 0 Å². The summed E-state index contributed by atoms with van der Waals surface area (Å²) in [6, 6.07) is 9.50. The lowest BCUT2D eigenvalue weighted by molar-refractivity contribution is -0.141. The first-order valence-corrected chi connectivity index (χ1v) is 7.36. The van der Waals surface area contributed by atoms with Crippen molar-refractivity contribution in [3.05, 3.63) is 65.4 Å². The molecule has 0 saturated carbocycles. The van der Waals surface area contributed by atoms with Gasteiger partial charge in [-0.05, 0) is 31.2 Å². The van der Waals surface area contributed by atoms with Crippen LogP contribution in [0.15, 0.2) is 42.6 Å². The zero-order chi connectivity index (χ0) is 18.9. The molecule has 0 aliphatic rings. The van der Waals surface area contributed by atoms with E-state index in [1.807, 2.05) is 0 Å². The van der Waals surface area contributed by atoms with Gasteiger partial charge in [0, 0.05) is 0 Å². The van der Waals surface area contributed by atoms with E-state index in [0.717, 1.165) is 12.1 Å². The average Bonchev–Trinajstić information content (AvgIpc) is 2.95. The first-order chi connectivity index (χ1) is 12.3. The van der Waals surface area contributed by atoms with Crippen molar-refractivity contribution in [3.63, 3.8) is 0 Å². The number of hydrogen-bond donors (Lipinski definition) is 1. The number of alkyl halides is 3. The van der Waals surface area contributed by atoms with Gasteiger partial charge >= 0.3 is 6.18 Å². The maximum atomic E-state index is 13.9. The van der Waals surface area contributed by atoms with Crippen molar-refractivity contribution in [2.45, 2.75) is 13.1 Å².